The van der Waals surface area contributed by atoms with Crippen LogP contribution in [0.1, 0.15) is 46.0 Å². The van der Waals surface area contributed by atoms with Gasteiger partial charge in [-0.1, -0.05) is 38.3 Å². The van der Waals surface area contributed by atoms with E-state index in [1.165, 1.54) is 19.8 Å². The molecule has 3 nitrogen and oxygen atoms in total. The minimum absolute atomic E-state index is 0.0181. The fourth-order valence-electron chi connectivity index (χ4n) is 2.14. The molecule has 3 heteroatoms. The van der Waals surface area contributed by atoms with E-state index in [-0.39, 0.29) is 24.3 Å². The summed E-state index contributed by atoms with van der Waals surface area (Å²) in [5, 5.41) is 0. The molecule has 0 aromatic rings. The Morgan fingerprint density at radius 3 is 2.83 bits per heavy atom. The minimum Gasteiger partial charge on any atom is -0.456 e. The predicted octanol–water partition coefficient (Wildman–Crippen LogP) is 3.40. The Labute approximate surface area is 110 Å². The lowest BCUT2D eigenvalue weighted by molar-refractivity contribution is -0.154. The number of hydrogen-bond donors (Lipinski definition) is 0. The molecule has 0 unspecified atom stereocenters. The van der Waals surface area contributed by atoms with E-state index in [2.05, 4.69) is 13.5 Å². The van der Waals surface area contributed by atoms with Gasteiger partial charge in [0.05, 0.1) is 12.2 Å². The van der Waals surface area contributed by atoms with E-state index in [1.54, 1.807) is 0 Å². The van der Waals surface area contributed by atoms with E-state index in [1.807, 2.05) is 18.2 Å². The molecule has 0 aliphatic carbocycles. The molecular formula is C15H24O3. The first kappa shape index (κ1) is 15.0. The largest absolute Gasteiger partial charge is 0.456 e. The highest BCUT2D eigenvalue weighted by molar-refractivity contribution is 5.66. The van der Waals surface area contributed by atoms with Gasteiger partial charge >= 0.3 is 5.97 Å². The smallest absolute Gasteiger partial charge is 0.303 e. The zero-order valence-electron chi connectivity index (χ0n) is 11.4. The number of ether oxygens (including phenoxy) is 2. The molecule has 0 N–H and O–H groups in total. The van der Waals surface area contributed by atoms with E-state index in [0.717, 1.165) is 19.3 Å². The zero-order chi connectivity index (χ0) is 13.4. The van der Waals surface area contributed by atoms with Gasteiger partial charge in [0, 0.05) is 6.92 Å². The average Bonchev–Trinajstić information content (AvgIpc) is 2.32. The van der Waals surface area contributed by atoms with E-state index in [4.69, 9.17) is 9.47 Å². The minimum atomic E-state index is -0.254. The third-order valence-corrected chi connectivity index (χ3v) is 3.02. The topological polar surface area (TPSA) is 35.5 Å². The second-order valence-corrected chi connectivity index (χ2v) is 4.69. The van der Waals surface area contributed by atoms with Gasteiger partial charge in [0.2, 0.25) is 0 Å². The van der Waals surface area contributed by atoms with Crippen molar-refractivity contribution in [3.63, 3.8) is 0 Å². The van der Waals surface area contributed by atoms with Crippen LogP contribution in [0.4, 0.5) is 0 Å². The lowest BCUT2D eigenvalue weighted by Crippen LogP contribution is -2.37. The number of rotatable bonds is 7. The van der Waals surface area contributed by atoms with Crippen LogP contribution < -0.4 is 0 Å². The summed E-state index contributed by atoms with van der Waals surface area (Å²) in [5.74, 6) is -0.254. The van der Waals surface area contributed by atoms with E-state index in [9.17, 15) is 4.79 Å². The third kappa shape index (κ3) is 5.05. The lowest BCUT2D eigenvalue weighted by atomic mass is 10.0. The van der Waals surface area contributed by atoms with Crippen molar-refractivity contribution in [2.75, 3.05) is 0 Å². The van der Waals surface area contributed by atoms with Gasteiger partial charge in [-0.15, -0.1) is 6.58 Å². The van der Waals surface area contributed by atoms with Gasteiger partial charge in [-0.3, -0.25) is 4.79 Å². The number of carbonyl (C=O) groups is 1. The van der Waals surface area contributed by atoms with Crippen molar-refractivity contribution in [2.24, 2.45) is 0 Å². The Morgan fingerprint density at radius 1 is 1.44 bits per heavy atom. The lowest BCUT2D eigenvalue weighted by Gasteiger charge is -2.31. The maximum atomic E-state index is 11.1. The van der Waals surface area contributed by atoms with Crippen LogP contribution in [0.3, 0.4) is 0 Å². The van der Waals surface area contributed by atoms with Crippen molar-refractivity contribution in [3.8, 4) is 0 Å². The quantitative estimate of drug-likeness (QED) is 0.396. The summed E-state index contributed by atoms with van der Waals surface area (Å²) in [4.78, 5) is 11.1. The molecule has 102 valence electrons. The van der Waals surface area contributed by atoms with Crippen LogP contribution in [0.15, 0.2) is 24.8 Å². The van der Waals surface area contributed by atoms with Gasteiger partial charge in [0.15, 0.2) is 0 Å². The zero-order valence-corrected chi connectivity index (χ0v) is 11.4. The van der Waals surface area contributed by atoms with Gasteiger partial charge in [0.25, 0.3) is 0 Å². The second-order valence-electron chi connectivity index (χ2n) is 4.69. The molecule has 0 saturated heterocycles. The van der Waals surface area contributed by atoms with E-state index in [0.29, 0.717) is 0 Å². The predicted molar refractivity (Wildman–Crippen MR) is 72.3 cm³/mol. The van der Waals surface area contributed by atoms with Crippen molar-refractivity contribution in [1.29, 1.82) is 0 Å². The fourth-order valence-corrected chi connectivity index (χ4v) is 2.14. The van der Waals surface area contributed by atoms with E-state index >= 15 is 0 Å². The summed E-state index contributed by atoms with van der Waals surface area (Å²) in [6.45, 7) is 7.33. The molecule has 3 atom stereocenters. The van der Waals surface area contributed by atoms with Crippen molar-refractivity contribution in [1.82, 2.24) is 0 Å². The molecule has 18 heavy (non-hydrogen) atoms. The highest BCUT2D eigenvalue weighted by Gasteiger charge is 2.28. The van der Waals surface area contributed by atoms with Gasteiger partial charge < -0.3 is 9.47 Å². The summed E-state index contributed by atoms with van der Waals surface area (Å²) >= 11 is 0. The fraction of sp³-hybridized carbons (Fsp3) is 0.667. The highest BCUT2D eigenvalue weighted by atomic mass is 16.6. The SMILES string of the molecule is C=CC[C@@H]1C=C[C@@H](OC(C)=O)[C@@H](CCCCC)O1. The van der Waals surface area contributed by atoms with Crippen LogP contribution in [-0.2, 0) is 14.3 Å². The molecule has 1 aliphatic rings. The van der Waals surface area contributed by atoms with Crippen LogP contribution in [0, 0.1) is 0 Å². The molecule has 1 heterocycles. The van der Waals surface area contributed by atoms with Crippen LogP contribution in [0.2, 0.25) is 0 Å². The standard InChI is InChI=1S/C15H24O3/c1-4-6-7-9-14-15(17-12(3)16)11-10-13(18-14)8-5-2/h5,10-11,13-15H,2,4,6-9H2,1,3H3/t13-,14-,15-/m1/s1. The molecule has 0 aromatic carbocycles. The average molecular weight is 252 g/mol. The van der Waals surface area contributed by atoms with Crippen LogP contribution >= 0.6 is 0 Å². The molecule has 0 saturated carbocycles. The Morgan fingerprint density at radius 2 is 2.22 bits per heavy atom. The van der Waals surface area contributed by atoms with Crippen molar-refractivity contribution in [3.05, 3.63) is 24.8 Å². The molecule has 0 radical (unpaired) electrons. The van der Waals surface area contributed by atoms with Crippen molar-refractivity contribution in [2.45, 2.75) is 64.3 Å². The number of carbonyl (C=O) groups excluding carboxylic acids is 1. The van der Waals surface area contributed by atoms with Gasteiger partial charge in [-0.05, 0) is 18.9 Å². The summed E-state index contributed by atoms with van der Waals surface area (Å²) in [6, 6.07) is 0. The first-order chi connectivity index (χ1) is 8.67. The second kappa shape index (κ2) is 8.09. The van der Waals surface area contributed by atoms with Gasteiger partial charge in [-0.2, -0.15) is 0 Å². The van der Waals surface area contributed by atoms with Crippen LogP contribution in [0.25, 0.3) is 0 Å². The Hall–Kier alpha value is -1.09. The number of hydrogen-bond acceptors (Lipinski definition) is 3. The Bertz CT molecular complexity index is 296. The van der Waals surface area contributed by atoms with Crippen molar-refractivity contribution >= 4 is 5.97 Å². The summed E-state index contributed by atoms with van der Waals surface area (Å²) in [6.07, 6.45) is 10.8. The molecule has 0 fully saturated rings. The summed E-state index contributed by atoms with van der Waals surface area (Å²) in [5.41, 5.74) is 0. The Kier molecular flexibility index (Phi) is 6.73. The first-order valence-corrected chi connectivity index (χ1v) is 6.79. The first-order valence-electron chi connectivity index (χ1n) is 6.79. The molecule has 0 bridgehead atoms. The maximum Gasteiger partial charge on any atom is 0.303 e. The monoisotopic (exact) mass is 252 g/mol. The number of esters is 1. The van der Waals surface area contributed by atoms with Gasteiger partial charge in [0.1, 0.15) is 6.10 Å². The van der Waals surface area contributed by atoms with Crippen LogP contribution in [-0.4, -0.2) is 24.3 Å². The van der Waals surface area contributed by atoms with Crippen molar-refractivity contribution < 1.29 is 14.3 Å². The summed E-state index contributed by atoms with van der Waals surface area (Å²) < 4.78 is 11.2. The molecule has 0 spiro atoms. The number of unbranched alkanes of at least 4 members (excludes halogenated alkanes) is 2. The maximum absolute atomic E-state index is 11.1. The summed E-state index contributed by atoms with van der Waals surface area (Å²) in [7, 11) is 0. The molecule has 1 rings (SSSR count). The normalized spacial score (nSPS) is 26.9. The highest BCUT2D eigenvalue weighted by Crippen LogP contribution is 2.22. The molecule has 0 aromatic heterocycles. The van der Waals surface area contributed by atoms with Gasteiger partial charge in [-0.25, -0.2) is 0 Å². The van der Waals surface area contributed by atoms with Crippen LogP contribution in [0.5, 0.6) is 0 Å². The molecule has 1 aliphatic heterocycles. The molecule has 0 amide bonds. The molecular weight excluding hydrogens is 228 g/mol. The third-order valence-electron chi connectivity index (χ3n) is 3.02. The Balaban J connectivity index is 2.57. The van der Waals surface area contributed by atoms with E-state index < -0.39 is 0 Å².